The standard InChI is InChI=1S/C11H18BrN3.3ClH/c1-6-8(3-13)7(2)10(5-15)11(12)9(6)4-14;;;/h3-5,13-15H2,1-2H3;3*1H. The van der Waals surface area contributed by atoms with Crippen molar-refractivity contribution in [3.8, 4) is 0 Å². The van der Waals surface area contributed by atoms with Crippen molar-refractivity contribution in [3.63, 3.8) is 0 Å². The maximum Gasteiger partial charge on any atom is 0.0270 e. The zero-order valence-electron chi connectivity index (χ0n) is 10.5. The third-order valence-corrected chi connectivity index (χ3v) is 3.91. The molecule has 0 aliphatic heterocycles. The molecule has 6 N–H and O–H groups in total. The summed E-state index contributed by atoms with van der Waals surface area (Å²) in [5.74, 6) is 0. The Morgan fingerprint density at radius 1 is 0.722 bits per heavy atom. The Labute approximate surface area is 136 Å². The Hall–Kier alpha value is 0.450. The molecule has 0 unspecified atom stereocenters. The van der Waals surface area contributed by atoms with E-state index >= 15 is 0 Å². The Kier molecular flexibility index (Phi) is 13.4. The van der Waals surface area contributed by atoms with Gasteiger partial charge in [0.1, 0.15) is 0 Å². The third-order valence-electron chi connectivity index (χ3n) is 2.95. The van der Waals surface area contributed by atoms with E-state index < -0.39 is 0 Å². The van der Waals surface area contributed by atoms with Crippen LogP contribution in [0.1, 0.15) is 27.8 Å². The van der Waals surface area contributed by atoms with Gasteiger partial charge in [-0.15, -0.1) is 37.2 Å². The maximum absolute atomic E-state index is 5.75. The summed E-state index contributed by atoms with van der Waals surface area (Å²) in [4.78, 5) is 0. The van der Waals surface area contributed by atoms with E-state index in [0.29, 0.717) is 19.6 Å². The van der Waals surface area contributed by atoms with Crippen molar-refractivity contribution in [2.75, 3.05) is 0 Å². The normalized spacial score (nSPS) is 9.00. The van der Waals surface area contributed by atoms with E-state index in [1.807, 2.05) is 0 Å². The van der Waals surface area contributed by atoms with Crippen LogP contribution in [0.3, 0.4) is 0 Å². The summed E-state index contributed by atoms with van der Waals surface area (Å²) in [6.45, 7) is 5.66. The fourth-order valence-electron chi connectivity index (χ4n) is 1.95. The third kappa shape index (κ3) is 4.23. The molecule has 0 heterocycles. The highest BCUT2D eigenvalue weighted by molar-refractivity contribution is 9.10. The van der Waals surface area contributed by atoms with E-state index in [1.54, 1.807) is 0 Å². The summed E-state index contributed by atoms with van der Waals surface area (Å²) in [6, 6.07) is 0. The number of benzene rings is 1. The molecule has 0 saturated carbocycles. The topological polar surface area (TPSA) is 78.1 Å². The summed E-state index contributed by atoms with van der Waals surface area (Å²) < 4.78 is 1.04. The molecule has 0 saturated heterocycles. The molecule has 3 nitrogen and oxygen atoms in total. The molecule has 0 fully saturated rings. The molecule has 0 radical (unpaired) electrons. The van der Waals surface area contributed by atoms with Gasteiger partial charge < -0.3 is 17.2 Å². The van der Waals surface area contributed by atoms with Crippen molar-refractivity contribution in [1.29, 1.82) is 0 Å². The number of rotatable bonds is 3. The molecule has 0 bridgehead atoms. The molecule has 1 rings (SSSR count). The first-order valence-electron chi connectivity index (χ1n) is 4.97. The van der Waals surface area contributed by atoms with Crippen LogP contribution < -0.4 is 17.2 Å². The van der Waals surface area contributed by atoms with Gasteiger partial charge in [0.05, 0.1) is 0 Å². The molecule has 18 heavy (non-hydrogen) atoms. The van der Waals surface area contributed by atoms with E-state index in [1.165, 1.54) is 16.7 Å². The zero-order valence-corrected chi connectivity index (χ0v) is 14.5. The van der Waals surface area contributed by atoms with Gasteiger partial charge in [0.2, 0.25) is 0 Å². The predicted octanol–water partition coefficient (Wildman–Crippen LogP) is 2.71. The first kappa shape index (κ1) is 23.5. The lowest BCUT2D eigenvalue weighted by atomic mass is 9.93. The minimum absolute atomic E-state index is 0. The molecule has 108 valence electrons. The van der Waals surface area contributed by atoms with Gasteiger partial charge in [-0.05, 0) is 41.7 Å². The van der Waals surface area contributed by atoms with Crippen LogP contribution >= 0.6 is 53.2 Å². The van der Waals surface area contributed by atoms with E-state index in [9.17, 15) is 0 Å². The van der Waals surface area contributed by atoms with E-state index in [2.05, 4.69) is 29.8 Å². The smallest absolute Gasteiger partial charge is 0.0270 e. The minimum Gasteiger partial charge on any atom is -0.326 e. The fourth-order valence-corrected chi connectivity index (χ4v) is 2.87. The zero-order chi connectivity index (χ0) is 11.6. The first-order chi connectivity index (χ1) is 7.08. The molecule has 1 aromatic rings. The second-order valence-corrected chi connectivity index (χ2v) is 4.41. The molecular weight excluding hydrogens is 360 g/mol. The van der Waals surface area contributed by atoms with Crippen molar-refractivity contribution in [1.82, 2.24) is 0 Å². The fraction of sp³-hybridized carbons (Fsp3) is 0.455. The average Bonchev–Trinajstić information content (AvgIpc) is 2.19. The van der Waals surface area contributed by atoms with E-state index in [-0.39, 0.29) is 37.2 Å². The average molecular weight is 382 g/mol. The van der Waals surface area contributed by atoms with E-state index in [0.717, 1.165) is 15.6 Å². The lowest BCUT2D eigenvalue weighted by Gasteiger charge is -2.19. The number of hydrogen-bond acceptors (Lipinski definition) is 3. The van der Waals surface area contributed by atoms with Gasteiger partial charge in [-0.2, -0.15) is 0 Å². The predicted molar refractivity (Wildman–Crippen MR) is 89.0 cm³/mol. The lowest BCUT2D eigenvalue weighted by Crippen LogP contribution is -2.13. The Morgan fingerprint density at radius 2 is 1.00 bits per heavy atom. The summed E-state index contributed by atoms with van der Waals surface area (Å²) in [5, 5.41) is 0. The first-order valence-corrected chi connectivity index (χ1v) is 5.77. The molecule has 1 aromatic carbocycles. The van der Waals surface area contributed by atoms with E-state index in [4.69, 9.17) is 17.2 Å². The highest BCUT2D eigenvalue weighted by atomic mass is 79.9. The lowest BCUT2D eigenvalue weighted by molar-refractivity contribution is 0.931. The summed E-state index contributed by atoms with van der Waals surface area (Å²) in [7, 11) is 0. The Balaban J connectivity index is -0.000000750. The van der Waals surface area contributed by atoms with Crippen molar-refractivity contribution < 1.29 is 0 Å². The number of halogens is 4. The van der Waals surface area contributed by atoms with Crippen LogP contribution in [-0.2, 0) is 19.6 Å². The van der Waals surface area contributed by atoms with Crippen molar-refractivity contribution in [2.24, 2.45) is 17.2 Å². The van der Waals surface area contributed by atoms with Gasteiger partial charge in [0, 0.05) is 24.1 Å². The Morgan fingerprint density at radius 3 is 1.22 bits per heavy atom. The molecule has 7 heteroatoms. The SMILES string of the molecule is Cc1c(CN)c(C)c(CN)c(Br)c1CN.Cl.Cl.Cl. The molecule has 0 atom stereocenters. The van der Waals surface area contributed by atoms with Crippen molar-refractivity contribution in [3.05, 3.63) is 32.3 Å². The molecule has 0 spiro atoms. The summed E-state index contributed by atoms with van der Waals surface area (Å²) in [5.41, 5.74) is 23.0. The number of nitrogens with two attached hydrogens (primary N) is 3. The Bertz CT molecular complexity index is 308. The maximum atomic E-state index is 5.75. The van der Waals surface area contributed by atoms with Gasteiger partial charge in [0.25, 0.3) is 0 Å². The van der Waals surface area contributed by atoms with Crippen LogP contribution in [0, 0.1) is 13.8 Å². The van der Waals surface area contributed by atoms with Gasteiger partial charge in [-0.25, -0.2) is 0 Å². The van der Waals surface area contributed by atoms with Gasteiger partial charge in [-0.1, -0.05) is 15.9 Å². The van der Waals surface area contributed by atoms with Crippen LogP contribution in [0.25, 0.3) is 0 Å². The van der Waals surface area contributed by atoms with Crippen molar-refractivity contribution in [2.45, 2.75) is 33.5 Å². The second kappa shape index (κ2) is 10.3. The summed E-state index contributed by atoms with van der Waals surface area (Å²) in [6.07, 6.45) is 0. The molecule has 0 aromatic heterocycles. The largest absolute Gasteiger partial charge is 0.326 e. The molecular formula is C11H21BrCl3N3. The highest BCUT2D eigenvalue weighted by Crippen LogP contribution is 2.31. The second-order valence-electron chi connectivity index (χ2n) is 3.61. The van der Waals surface area contributed by atoms with Crippen LogP contribution in [0.4, 0.5) is 0 Å². The highest BCUT2D eigenvalue weighted by Gasteiger charge is 2.15. The van der Waals surface area contributed by atoms with Gasteiger partial charge >= 0.3 is 0 Å². The molecule has 0 amide bonds. The minimum atomic E-state index is 0. The van der Waals surface area contributed by atoms with Gasteiger partial charge in [0.15, 0.2) is 0 Å². The number of hydrogen-bond donors (Lipinski definition) is 3. The van der Waals surface area contributed by atoms with Crippen LogP contribution in [0.15, 0.2) is 4.47 Å². The quantitative estimate of drug-likeness (QED) is 0.753. The summed E-state index contributed by atoms with van der Waals surface area (Å²) >= 11 is 3.57. The van der Waals surface area contributed by atoms with Crippen LogP contribution in [-0.4, -0.2) is 0 Å². The van der Waals surface area contributed by atoms with Crippen LogP contribution in [0.2, 0.25) is 0 Å². The molecule has 0 aliphatic carbocycles. The van der Waals surface area contributed by atoms with Crippen LogP contribution in [0.5, 0.6) is 0 Å². The van der Waals surface area contributed by atoms with Gasteiger partial charge in [-0.3, -0.25) is 0 Å². The van der Waals surface area contributed by atoms with Crippen molar-refractivity contribution >= 4 is 53.2 Å². The monoisotopic (exact) mass is 379 g/mol. The molecule has 0 aliphatic rings.